The van der Waals surface area contributed by atoms with Crippen LogP contribution in [0.3, 0.4) is 0 Å². The highest BCUT2D eigenvalue weighted by Crippen LogP contribution is 2.00. The Morgan fingerprint density at radius 1 is 1.30 bits per heavy atom. The van der Waals surface area contributed by atoms with Gasteiger partial charge in [0.25, 0.3) is 0 Å². The van der Waals surface area contributed by atoms with Crippen LogP contribution in [0.5, 0.6) is 0 Å². The van der Waals surface area contributed by atoms with Crippen LogP contribution in [-0.2, 0) is 27.5 Å². The number of hydrogen-bond donors (Lipinski definition) is 4. The molecule has 8 heteroatoms. The Labute approximate surface area is 132 Å². The van der Waals surface area contributed by atoms with Gasteiger partial charge in [0.2, 0.25) is 5.91 Å². The smallest absolute Gasteiger partial charge is 0.326 e. The predicted molar refractivity (Wildman–Crippen MR) is 81.1 cm³/mol. The van der Waals surface area contributed by atoms with Gasteiger partial charge in [-0.2, -0.15) is 5.48 Å². The molecular weight excluding hydrogens is 300 g/mol. The number of carboxylic acid groups (broad SMARTS) is 1. The highest BCUT2D eigenvalue weighted by molar-refractivity contribution is 5.84. The van der Waals surface area contributed by atoms with E-state index in [2.05, 4.69) is 20.8 Å². The summed E-state index contributed by atoms with van der Waals surface area (Å²) in [5.74, 6) is -1.58. The molecule has 1 amide bonds. The molecule has 122 valence electrons. The Kier molecular flexibility index (Phi) is 6.28. The number of carbonyl (C=O) groups excluding carboxylic acids is 1. The molecule has 0 saturated carbocycles. The zero-order valence-electron chi connectivity index (χ0n) is 12.4. The van der Waals surface area contributed by atoms with E-state index >= 15 is 0 Å². The maximum atomic E-state index is 11.8. The van der Waals surface area contributed by atoms with Gasteiger partial charge < -0.3 is 15.4 Å². The molecule has 4 N–H and O–H groups in total. The van der Waals surface area contributed by atoms with Crippen molar-refractivity contribution >= 4 is 11.9 Å². The van der Waals surface area contributed by atoms with Gasteiger partial charge in [0, 0.05) is 18.3 Å². The maximum absolute atomic E-state index is 11.8. The van der Waals surface area contributed by atoms with Gasteiger partial charge in [-0.25, -0.2) is 9.78 Å². The number of carbonyl (C=O) groups is 2. The number of aliphatic carboxylic acids is 1. The first kappa shape index (κ1) is 16.7. The fourth-order valence-electron chi connectivity index (χ4n) is 1.89. The van der Waals surface area contributed by atoms with E-state index in [1.165, 1.54) is 12.5 Å². The lowest BCUT2D eigenvalue weighted by Gasteiger charge is -2.14. The summed E-state index contributed by atoms with van der Waals surface area (Å²) in [5, 5.41) is 11.6. The van der Waals surface area contributed by atoms with Crippen LogP contribution >= 0.6 is 0 Å². The molecule has 23 heavy (non-hydrogen) atoms. The van der Waals surface area contributed by atoms with Crippen LogP contribution in [0.1, 0.15) is 11.3 Å². The molecule has 0 saturated heterocycles. The van der Waals surface area contributed by atoms with Crippen LogP contribution < -0.4 is 10.8 Å². The van der Waals surface area contributed by atoms with Gasteiger partial charge in [-0.05, 0) is 5.56 Å². The Hall–Kier alpha value is -2.71. The molecule has 1 unspecified atom stereocenters. The number of carboxylic acids is 1. The second-order valence-corrected chi connectivity index (χ2v) is 4.83. The van der Waals surface area contributed by atoms with Gasteiger partial charge in [-0.1, -0.05) is 30.3 Å². The molecule has 0 fully saturated rings. The summed E-state index contributed by atoms with van der Waals surface area (Å²) in [6.45, 7) is 0.171. The molecule has 0 aliphatic rings. The van der Waals surface area contributed by atoms with Crippen LogP contribution in [0.25, 0.3) is 0 Å². The Morgan fingerprint density at radius 3 is 2.74 bits per heavy atom. The van der Waals surface area contributed by atoms with Crippen molar-refractivity contribution < 1.29 is 19.5 Å². The van der Waals surface area contributed by atoms with E-state index in [1.807, 2.05) is 30.3 Å². The zero-order chi connectivity index (χ0) is 16.5. The predicted octanol–water partition coefficient (Wildman–Crippen LogP) is 0.243. The van der Waals surface area contributed by atoms with Gasteiger partial charge in [0.15, 0.2) is 0 Å². The maximum Gasteiger partial charge on any atom is 0.326 e. The van der Waals surface area contributed by atoms with Crippen molar-refractivity contribution in [3.05, 3.63) is 54.1 Å². The normalized spacial score (nSPS) is 11.8. The first-order valence-corrected chi connectivity index (χ1v) is 7.03. The zero-order valence-corrected chi connectivity index (χ0v) is 12.4. The van der Waals surface area contributed by atoms with E-state index in [0.29, 0.717) is 12.3 Å². The number of nitrogens with zero attached hydrogens (tertiary/aromatic N) is 1. The Morgan fingerprint density at radius 2 is 2.09 bits per heavy atom. The summed E-state index contributed by atoms with van der Waals surface area (Å²) >= 11 is 0. The van der Waals surface area contributed by atoms with E-state index in [4.69, 9.17) is 9.94 Å². The molecule has 2 rings (SSSR count). The molecule has 0 aliphatic heterocycles. The molecule has 1 heterocycles. The largest absolute Gasteiger partial charge is 0.480 e. The minimum atomic E-state index is -1.11. The minimum absolute atomic E-state index is 0.131. The van der Waals surface area contributed by atoms with Crippen LogP contribution in [0.4, 0.5) is 0 Å². The summed E-state index contributed by atoms with van der Waals surface area (Å²) in [6.07, 6.45) is 3.10. The second kappa shape index (κ2) is 8.66. The Bertz CT molecular complexity index is 616. The summed E-state index contributed by atoms with van der Waals surface area (Å²) in [5.41, 5.74) is 4.10. The standard InChI is InChI=1S/C15H18N4O4/c20-14(8-18-23-9-11-4-2-1-3-5-11)19-13(15(21)22)6-12-7-16-10-17-12/h1-5,7,10,13,18H,6,8-9H2,(H,16,17)(H,19,20)(H,21,22). The van der Waals surface area contributed by atoms with E-state index in [0.717, 1.165) is 5.56 Å². The lowest BCUT2D eigenvalue weighted by molar-refractivity contribution is -0.142. The average molecular weight is 318 g/mol. The highest BCUT2D eigenvalue weighted by Gasteiger charge is 2.20. The molecule has 2 aromatic rings. The topological polar surface area (TPSA) is 116 Å². The van der Waals surface area contributed by atoms with Gasteiger partial charge >= 0.3 is 5.97 Å². The van der Waals surface area contributed by atoms with Crippen LogP contribution in [0.15, 0.2) is 42.9 Å². The Balaban J connectivity index is 1.70. The van der Waals surface area contributed by atoms with Crippen molar-refractivity contribution in [2.45, 2.75) is 19.1 Å². The number of aromatic amines is 1. The van der Waals surface area contributed by atoms with E-state index < -0.39 is 17.9 Å². The lowest BCUT2D eigenvalue weighted by Crippen LogP contribution is -2.45. The summed E-state index contributed by atoms with van der Waals surface area (Å²) in [6, 6.07) is 8.44. The number of hydrogen-bond acceptors (Lipinski definition) is 5. The van der Waals surface area contributed by atoms with E-state index in [1.54, 1.807) is 0 Å². The van der Waals surface area contributed by atoms with Crippen LogP contribution in [0, 0.1) is 0 Å². The van der Waals surface area contributed by atoms with Crippen LogP contribution in [-0.4, -0.2) is 39.5 Å². The van der Waals surface area contributed by atoms with Crippen molar-refractivity contribution in [1.29, 1.82) is 0 Å². The number of benzene rings is 1. The van der Waals surface area contributed by atoms with Crippen molar-refractivity contribution in [2.75, 3.05) is 6.54 Å². The molecule has 0 bridgehead atoms. The first-order valence-electron chi connectivity index (χ1n) is 7.03. The average Bonchev–Trinajstić information content (AvgIpc) is 3.05. The number of aromatic nitrogens is 2. The number of H-pyrrole nitrogens is 1. The molecule has 1 aromatic heterocycles. The molecule has 0 aliphatic carbocycles. The monoisotopic (exact) mass is 318 g/mol. The molecular formula is C15H18N4O4. The molecule has 1 atom stereocenters. The molecule has 1 aromatic carbocycles. The van der Waals surface area contributed by atoms with Crippen molar-refractivity contribution in [3.63, 3.8) is 0 Å². The number of hydroxylamine groups is 1. The molecule has 0 spiro atoms. The quantitative estimate of drug-likeness (QED) is 0.389. The van der Waals surface area contributed by atoms with Crippen LogP contribution in [0.2, 0.25) is 0 Å². The lowest BCUT2D eigenvalue weighted by atomic mass is 10.1. The fourth-order valence-corrected chi connectivity index (χ4v) is 1.89. The van der Waals surface area contributed by atoms with Gasteiger partial charge in [-0.15, -0.1) is 0 Å². The SMILES string of the molecule is O=C(CNOCc1ccccc1)NC(Cc1cnc[nH]1)C(=O)O. The molecule has 8 nitrogen and oxygen atoms in total. The minimum Gasteiger partial charge on any atom is -0.480 e. The summed E-state index contributed by atoms with van der Waals surface area (Å²) in [7, 11) is 0. The van der Waals surface area contributed by atoms with Gasteiger partial charge in [-0.3, -0.25) is 9.63 Å². The third-order valence-corrected chi connectivity index (χ3v) is 3.03. The van der Waals surface area contributed by atoms with Crippen molar-refractivity contribution in [3.8, 4) is 0 Å². The fraction of sp³-hybridized carbons (Fsp3) is 0.267. The van der Waals surface area contributed by atoms with Crippen molar-refractivity contribution in [1.82, 2.24) is 20.8 Å². The van der Waals surface area contributed by atoms with Crippen molar-refractivity contribution in [2.24, 2.45) is 0 Å². The van der Waals surface area contributed by atoms with E-state index in [9.17, 15) is 9.59 Å². The number of amides is 1. The third kappa shape index (κ3) is 5.89. The third-order valence-electron chi connectivity index (χ3n) is 3.03. The van der Waals surface area contributed by atoms with E-state index in [-0.39, 0.29) is 13.0 Å². The number of rotatable bonds is 9. The first-order chi connectivity index (χ1) is 11.1. The number of nitrogens with one attached hydrogen (secondary N) is 3. The highest BCUT2D eigenvalue weighted by atomic mass is 16.6. The summed E-state index contributed by atoms with van der Waals surface area (Å²) in [4.78, 5) is 34.7. The van der Waals surface area contributed by atoms with Gasteiger partial charge in [0.1, 0.15) is 6.04 Å². The molecule has 0 radical (unpaired) electrons. The summed E-state index contributed by atoms with van der Waals surface area (Å²) < 4.78 is 0. The van der Waals surface area contributed by atoms with Gasteiger partial charge in [0.05, 0.1) is 19.5 Å². The second-order valence-electron chi connectivity index (χ2n) is 4.83. The number of imidazole rings is 1.